The Morgan fingerprint density at radius 3 is 2.59 bits per heavy atom. The molecule has 1 saturated heterocycles. The lowest BCUT2D eigenvalue weighted by molar-refractivity contribution is 0.143. The Morgan fingerprint density at radius 1 is 1.05 bits per heavy atom. The van der Waals surface area contributed by atoms with Gasteiger partial charge in [-0.25, -0.2) is 18.6 Å². The van der Waals surface area contributed by atoms with E-state index in [-0.39, 0.29) is 36.3 Å². The highest BCUT2D eigenvalue weighted by Crippen LogP contribution is 2.29. The van der Waals surface area contributed by atoms with Crippen LogP contribution in [0.25, 0.3) is 28.4 Å². The fourth-order valence-corrected chi connectivity index (χ4v) is 5.06. The molecule has 5 aromatic rings. The predicted octanol–water partition coefficient (Wildman–Crippen LogP) is 1.75. The van der Waals surface area contributed by atoms with Crippen LogP contribution in [0, 0.1) is 11.6 Å². The molecule has 0 radical (unpaired) electrons. The SMILES string of the molecule is COCCOc1cc(F)c(N2CCN(CCn3c(=O)n(C)c4c3nc(N)n3nc(-c5ccco5)nc43)CC2)cc1F. The summed E-state index contributed by atoms with van der Waals surface area (Å²) in [6.07, 6.45) is 1.52. The Hall–Kier alpha value is -4.50. The lowest BCUT2D eigenvalue weighted by Crippen LogP contribution is -2.47. The lowest BCUT2D eigenvalue weighted by atomic mass is 10.2. The molecule has 1 fully saturated rings. The van der Waals surface area contributed by atoms with Gasteiger partial charge in [0.15, 0.2) is 28.6 Å². The molecule has 41 heavy (non-hydrogen) atoms. The first-order valence-electron chi connectivity index (χ1n) is 13.1. The molecule has 0 unspecified atom stereocenters. The van der Waals surface area contributed by atoms with Gasteiger partial charge in [0.05, 0.1) is 18.6 Å². The zero-order chi connectivity index (χ0) is 28.7. The number of anilines is 2. The maximum atomic E-state index is 14.8. The molecule has 0 aliphatic carbocycles. The summed E-state index contributed by atoms with van der Waals surface area (Å²) in [4.78, 5) is 26.2. The molecular weight excluding hydrogens is 540 g/mol. The Kier molecular flexibility index (Phi) is 7.05. The van der Waals surface area contributed by atoms with E-state index in [1.165, 1.54) is 28.5 Å². The van der Waals surface area contributed by atoms with E-state index in [0.717, 1.165) is 6.07 Å². The number of nitrogen functional groups attached to an aromatic ring is 1. The van der Waals surface area contributed by atoms with Crippen LogP contribution in [0.1, 0.15) is 0 Å². The number of fused-ring (bicyclic) bond motifs is 3. The molecule has 13 nitrogen and oxygen atoms in total. The van der Waals surface area contributed by atoms with Crippen LogP contribution in [0.15, 0.2) is 39.7 Å². The number of rotatable bonds is 9. The number of aryl methyl sites for hydroxylation is 1. The predicted molar refractivity (Wildman–Crippen MR) is 146 cm³/mol. The minimum Gasteiger partial charge on any atom is -0.488 e. The van der Waals surface area contributed by atoms with Crippen molar-refractivity contribution in [3.05, 3.63) is 52.6 Å². The van der Waals surface area contributed by atoms with Gasteiger partial charge in [0.25, 0.3) is 0 Å². The standard InChI is InChI=1S/C26H29F2N9O4/c1-33-21-23(31-25(29)37-24(21)30-22(32-37)19-4-3-11-40-19)36(26(33)38)10-7-34-5-8-35(9-6-34)18-14-17(28)20(15-16(18)27)41-13-12-39-2/h3-4,11,14-15H,5-10,12-13H2,1-2H3,(H2,29,31). The average molecular weight is 570 g/mol. The molecule has 1 aliphatic rings. The van der Waals surface area contributed by atoms with Crippen molar-refractivity contribution < 1.29 is 22.7 Å². The van der Waals surface area contributed by atoms with E-state index in [1.54, 1.807) is 28.6 Å². The maximum Gasteiger partial charge on any atom is 0.330 e. The van der Waals surface area contributed by atoms with E-state index in [1.807, 2.05) is 0 Å². The van der Waals surface area contributed by atoms with Gasteiger partial charge in [0.1, 0.15) is 17.9 Å². The highest BCUT2D eigenvalue weighted by Gasteiger charge is 2.24. The minimum atomic E-state index is -0.625. The van der Waals surface area contributed by atoms with Crippen LogP contribution in [-0.4, -0.2) is 86.7 Å². The van der Waals surface area contributed by atoms with Gasteiger partial charge in [0.2, 0.25) is 11.8 Å². The van der Waals surface area contributed by atoms with Crippen molar-refractivity contribution in [3.8, 4) is 17.3 Å². The smallest absolute Gasteiger partial charge is 0.330 e. The highest BCUT2D eigenvalue weighted by molar-refractivity contribution is 5.88. The molecule has 0 saturated carbocycles. The summed E-state index contributed by atoms with van der Waals surface area (Å²) in [6.45, 7) is 3.49. The third-order valence-corrected chi connectivity index (χ3v) is 7.22. The number of ether oxygens (including phenoxy) is 2. The third kappa shape index (κ3) is 4.86. The number of hydrogen-bond donors (Lipinski definition) is 1. The number of benzene rings is 1. The van der Waals surface area contributed by atoms with E-state index in [9.17, 15) is 13.6 Å². The van der Waals surface area contributed by atoms with Crippen molar-refractivity contribution >= 4 is 28.4 Å². The molecule has 1 aliphatic heterocycles. The van der Waals surface area contributed by atoms with E-state index in [0.29, 0.717) is 67.7 Å². The molecule has 0 bridgehead atoms. The van der Waals surface area contributed by atoms with Crippen molar-refractivity contribution in [2.45, 2.75) is 6.54 Å². The van der Waals surface area contributed by atoms with Gasteiger partial charge < -0.3 is 24.5 Å². The normalized spacial score (nSPS) is 14.5. The molecule has 6 rings (SSSR count). The second kappa shape index (κ2) is 10.8. The summed E-state index contributed by atoms with van der Waals surface area (Å²) >= 11 is 0. The van der Waals surface area contributed by atoms with Gasteiger partial charge in [0, 0.05) is 65.6 Å². The van der Waals surface area contributed by atoms with Crippen LogP contribution in [-0.2, 0) is 18.3 Å². The summed E-state index contributed by atoms with van der Waals surface area (Å²) in [6, 6.07) is 5.71. The molecule has 0 atom stereocenters. The zero-order valence-corrected chi connectivity index (χ0v) is 22.6. The van der Waals surface area contributed by atoms with Crippen molar-refractivity contribution in [2.75, 3.05) is 63.7 Å². The number of aromatic nitrogens is 6. The molecule has 4 aromatic heterocycles. The number of piperazine rings is 1. The van der Waals surface area contributed by atoms with Crippen molar-refractivity contribution in [3.63, 3.8) is 0 Å². The number of nitrogens with two attached hydrogens (primary N) is 1. The Labute approximate surface area is 232 Å². The molecule has 0 amide bonds. The van der Waals surface area contributed by atoms with E-state index >= 15 is 0 Å². The van der Waals surface area contributed by atoms with Crippen molar-refractivity contribution in [1.29, 1.82) is 0 Å². The van der Waals surface area contributed by atoms with Gasteiger partial charge in [-0.1, -0.05) is 0 Å². The quantitative estimate of drug-likeness (QED) is 0.262. The summed E-state index contributed by atoms with van der Waals surface area (Å²) in [5.41, 5.74) is 7.44. The number of hydrogen-bond acceptors (Lipinski definition) is 10. The largest absolute Gasteiger partial charge is 0.488 e. The molecule has 1 aromatic carbocycles. The number of imidazole rings is 1. The van der Waals surface area contributed by atoms with Crippen LogP contribution in [0.3, 0.4) is 0 Å². The van der Waals surface area contributed by atoms with Gasteiger partial charge >= 0.3 is 5.69 Å². The Morgan fingerprint density at radius 2 is 1.85 bits per heavy atom. The Bertz CT molecular complexity index is 1750. The first-order chi connectivity index (χ1) is 19.9. The molecule has 2 N–H and O–H groups in total. The minimum absolute atomic E-state index is 0.0927. The fraction of sp³-hybridized carbons (Fsp3) is 0.385. The van der Waals surface area contributed by atoms with Crippen LogP contribution in [0.2, 0.25) is 0 Å². The monoisotopic (exact) mass is 569 g/mol. The van der Waals surface area contributed by atoms with Gasteiger partial charge in [-0.2, -0.15) is 9.50 Å². The van der Waals surface area contributed by atoms with Crippen molar-refractivity contribution in [1.82, 2.24) is 33.6 Å². The van der Waals surface area contributed by atoms with Crippen LogP contribution < -0.4 is 21.1 Å². The van der Waals surface area contributed by atoms with Gasteiger partial charge in [-0.3, -0.25) is 14.0 Å². The average Bonchev–Trinajstić information content (AvgIpc) is 3.70. The number of halogens is 2. The lowest BCUT2D eigenvalue weighted by Gasteiger charge is -2.36. The molecule has 0 spiro atoms. The molecular formula is C26H29F2N9O4. The Balaban J connectivity index is 1.16. The first kappa shape index (κ1) is 26.7. The van der Waals surface area contributed by atoms with E-state index in [2.05, 4.69) is 20.0 Å². The maximum absolute atomic E-state index is 14.8. The van der Waals surface area contributed by atoms with Crippen LogP contribution >= 0.6 is 0 Å². The number of nitrogens with zero attached hydrogens (tertiary/aromatic N) is 8. The second-order valence-corrected chi connectivity index (χ2v) is 9.69. The summed E-state index contributed by atoms with van der Waals surface area (Å²) in [5.74, 6) is -0.418. The van der Waals surface area contributed by atoms with Gasteiger partial charge in [-0.05, 0) is 12.1 Å². The third-order valence-electron chi connectivity index (χ3n) is 7.22. The molecule has 5 heterocycles. The summed E-state index contributed by atoms with van der Waals surface area (Å²) in [5, 5.41) is 4.39. The number of methoxy groups -OCH3 is 1. The van der Waals surface area contributed by atoms with E-state index < -0.39 is 11.6 Å². The fourth-order valence-electron chi connectivity index (χ4n) is 5.06. The topological polar surface area (TPSA) is 134 Å². The highest BCUT2D eigenvalue weighted by atomic mass is 19.1. The molecule has 15 heteroatoms. The number of furan rings is 1. The zero-order valence-electron chi connectivity index (χ0n) is 22.6. The van der Waals surface area contributed by atoms with Crippen LogP contribution in [0.5, 0.6) is 5.75 Å². The summed E-state index contributed by atoms with van der Waals surface area (Å²) < 4.78 is 49.3. The van der Waals surface area contributed by atoms with Gasteiger partial charge in [-0.15, -0.1) is 5.10 Å². The van der Waals surface area contributed by atoms with E-state index in [4.69, 9.17) is 19.6 Å². The first-order valence-corrected chi connectivity index (χ1v) is 13.1. The van der Waals surface area contributed by atoms with Crippen molar-refractivity contribution in [2.24, 2.45) is 7.05 Å². The molecule has 216 valence electrons. The summed E-state index contributed by atoms with van der Waals surface area (Å²) in [7, 11) is 3.16. The second-order valence-electron chi connectivity index (χ2n) is 9.69. The van der Waals surface area contributed by atoms with Crippen LogP contribution in [0.4, 0.5) is 20.4 Å².